The van der Waals surface area contributed by atoms with E-state index in [2.05, 4.69) is 0 Å². The van der Waals surface area contributed by atoms with E-state index in [0.29, 0.717) is 12.4 Å². The van der Waals surface area contributed by atoms with Gasteiger partial charge >= 0.3 is 0 Å². The fourth-order valence-electron chi connectivity index (χ4n) is 0. The molecule has 0 saturated heterocycles. The summed E-state index contributed by atoms with van der Waals surface area (Å²) in [5.74, 6) is 0. The number of rotatable bonds is 1. The van der Waals surface area contributed by atoms with Crippen molar-refractivity contribution in [1.82, 2.24) is 0 Å². The largest absolute Gasteiger partial charge is 0.812 e. The Kier molecular flexibility index (Phi) is 47.6. The molecule has 0 aliphatic rings. The second-order valence-corrected chi connectivity index (χ2v) is 0.298. The second-order valence-electron chi connectivity index (χ2n) is 0.298. The van der Waals surface area contributed by atoms with Crippen LogP contribution in [0.1, 0.15) is 0 Å². The van der Waals surface area contributed by atoms with E-state index in [1.54, 1.807) is 0 Å². The molecule has 0 amide bonds. The molecule has 0 unspecified atom stereocenters. The summed E-state index contributed by atoms with van der Waals surface area (Å²) in [6, 6.07) is 0. The van der Waals surface area contributed by atoms with Crippen molar-refractivity contribution in [3.8, 4) is 0 Å². The van der Waals surface area contributed by atoms with E-state index in [1.807, 2.05) is 0 Å². The van der Waals surface area contributed by atoms with Gasteiger partial charge in [0.05, 0.1) is 0 Å². The molecule has 0 N–H and O–H groups in total. The van der Waals surface area contributed by atoms with E-state index in [-0.39, 0.29) is 41.1 Å². The zero-order valence-electron chi connectivity index (χ0n) is 3.20. The van der Waals surface area contributed by atoms with Crippen molar-refractivity contribution >= 4 is 20.8 Å². The summed E-state index contributed by atoms with van der Waals surface area (Å²) in [6.07, 6.45) is 1.11. The second kappa shape index (κ2) is 17.8. The molecule has 0 bridgehead atoms. The quantitative estimate of drug-likeness (QED) is 0.373. The molecule has 0 aromatic rings. The van der Waals surface area contributed by atoms with Crippen LogP contribution in [0.4, 0.5) is 0 Å². The van der Waals surface area contributed by atoms with Crippen LogP contribution in [0.3, 0.4) is 0 Å². The van der Waals surface area contributed by atoms with E-state index in [9.17, 15) is 0 Å². The van der Waals surface area contributed by atoms with Crippen LogP contribution in [0.25, 0.3) is 10.8 Å². The Balaban J connectivity index is -0.0000000450. The Morgan fingerprint density at radius 2 is 1.17 bits per heavy atom. The maximum Gasteiger partial charge on any atom is 0 e. The average molecular weight is 154 g/mol. The third-order valence-corrected chi connectivity index (χ3v) is 0.0667. The van der Waals surface area contributed by atoms with Gasteiger partial charge < -0.3 is 10.8 Å². The standard InChI is InChI=1S/C2H2N2.B.Y/c3-1-2-4;;/h1-2H;;/q-2;;. The van der Waals surface area contributed by atoms with Crippen LogP contribution in [0.5, 0.6) is 0 Å². The summed E-state index contributed by atoms with van der Waals surface area (Å²) in [7, 11) is 0. The Bertz CT molecular complexity index is 32.5. The Morgan fingerprint density at radius 3 is 1.17 bits per heavy atom. The van der Waals surface area contributed by atoms with Crippen molar-refractivity contribution in [3.05, 3.63) is 10.8 Å². The summed E-state index contributed by atoms with van der Waals surface area (Å²) >= 11 is 0. The molecule has 0 aromatic carbocycles. The van der Waals surface area contributed by atoms with Gasteiger partial charge in [0.1, 0.15) is 0 Å². The van der Waals surface area contributed by atoms with Crippen molar-refractivity contribution in [3.63, 3.8) is 0 Å². The van der Waals surface area contributed by atoms with Crippen molar-refractivity contribution < 1.29 is 32.7 Å². The first-order valence-corrected chi connectivity index (χ1v) is 0.850. The Hall–Kier alpha value is 0.509. The summed E-state index contributed by atoms with van der Waals surface area (Å²) in [5, 5.41) is 14.9. The molecule has 0 saturated carbocycles. The minimum Gasteiger partial charge on any atom is -0.812 e. The summed E-state index contributed by atoms with van der Waals surface area (Å²) in [4.78, 5) is 0. The maximum atomic E-state index is 7.44. The average Bonchev–Trinajstić information content (AvgIpc) is 1.37. The monoisotopic (exact) mass is 154 g/mol. The molecule has 28 valence electrons. The van der Waals surface area contributed by atoms with Crippen molar-refractivity contribution in [1.29, 1.82) is 0 Å². The smallest absolute Gasteiger partial charge is 0 e. The van der Waals surface area contributed by atoms with Gasteiger partial charge in [-0.2, -0.15) is 0 Å². The molecule has 0 atom stereocenters. The molecule has 0 aliphatic carbocycles. The predicted molar refractivity (Wildman–Crippen MR) is 24.6 cm³/mol. The maximum absolute atomic E-state index is 7.44. The third-order valence-electron chi connectivity index (χ3n) is 0.0667. The van der Waals surface area contributed by atoms with Gasteiger partial charge in [-0.05, 0) is 0 Å². The molecule has 0 aromatic heterocycles. The molecule has 0 spiro atoms. The molecule has 4 heteroatoms. The van der Waals surface area contributed by atoms with Crippen LogP contribution in [-0.2, 0) is 32.7 Å². The molecular weight excluding hydrogens is 152 g/mol. The fraction of sp³-hybridized carbons (Fsp3) is 0. The molecule has 0 fully saturated rings. The van der Waals surface area contributed by atoms with Gasteiger partial charge in [0.2, 0.25) is 0 Å². The minimum absolute atomic E-state index is 0. The SMILES string of the molecule is [B].[N-]=CC=[N-].[Y]. The third kappa shape index (κ3) is 24.4. The fourth-order valence-corrected chi connectivity index (χ4v) is 0. The van der Waals surface area contributed by atoms with Gasteiger partial charge in [-0.25, -0.2) is 12.4 Å². The van der Waals surface area contributed by atoms with Gasteiger partial charge in [0, 0.05) is 41.1 Å². The predicted octanol–water partition coefficient (Wildman–Crippen LogP) is -0.117. The molecule has 0 heterocycles. The molecule has 0 rings (SSSR count). The van der Waals surface area contributed by atoms with Crippen LogP contribution in [0.15, 0.2) is 0 Å². The zero-order chi connectivity index (χ0) is 3.41. The molecule has 2 nitrogen and oxygen atoms in total. The van der Waals surface area contributed by atoms with E-state index in [1.165, 1.54) is 0 Å². The Labute approximate surface area is 64.2 Å². The van der Waals surface area contributed by atoms with Gasteiger partial charge in [-0.3, -0.25) is 0 Å². The van der Waals surface area contributed by atoms with Gasteiger partial charge in [0.25, 0.3) is 0 Å². The number of nitrogens with zero attached hydrogens (tertiary/aromatic N) is 2. The van der Waals surface area contributed by atoms with E-state index in [0.717, 1.165) is 0 Å². The summed E-state index contributed by atoms with van der Waals surface area (Å²) in [6.45, 7) is 0. The molecular formula is C2H2BN2Y-2. The zero-order valence-corrected chi connectivity index (χ0v) is 6.04. The van der Waals surface area contributed by atoms with E-state index in [4.69, 9.17) is 10.8 Å². The normalized spacial score (nSPS) is 3.33. The molecule has 4 radical (unpaired) electrons. The van der Waals surface area contributed by atoms with E-state index < -0.39 is 0 Å². The number of hydrogen-bond donors (Lipinski definition) is 0. The summed E-state index contributed by atoms with van der Waals surface area (Å²) < 4.78 is 0. The van der Waals surface area contributed by atoms with Crippen molar-refractivity contribution in [2.24, 2.45) is 0 Å². The van der Waals surface area contributed by atoms with Crippen LogP contribution in [-0.4, -0.2) is 20.8 Å². The van der Waals surface area contributed by atoms with Crippen LogP contribution < -0.4 is 0 Å². The summed E-state index contributed by atoms with van der Waals surface area (Å²) in [5.41, 5.74) is 0. The van der Waals surface area contributed by atoms with Crippen LogP contribution >= 0.6 is 0 Å². The molecule has 6 heavy (non-hydrogen) atoms. The number of hydrogen-bond acceptors (Lipinski definition) is 0. The minimum atomic E-state index is 0. The van der Waals surface area contributed by atoms with Gasteiger partial charge in [-0.15, -0.1) is 0 Å². The first-order valence-electron chi connectivity index (χ1n) is 0.850. The van der Waals surface area contributed by atoms with Gasteiger partial charge in [0.15, 0.2) is 0 Å². The van der Waals surface area contributed by atoms with Crippen molar-refractivity contribution in [2.75, 3.05) is 0 Å². The first kappa shape index (κ1) is 16.0. The van der Waals surface area contributed by atoms with Gasteiger partial charge in [-0.1, -0.05) is 0 Å². The van der Waals surface area contributed by atoms with Crippen LogP contribution in [0.2, 0.25) is 0 Å². The van der Waals surface area contributed by atoms with Crippen LogP contribution in [0, 0.1) is 0 Å². The van der Waals surface area contributed by atoms with Crippen molar-refractivity contribution in [2.45, 2.75) is 0 Å². The first-order chi connectivity index (χ1) is 1.91. The Morgan fingerprint density at radius 1 is 1.00 bits per heavy atom. The molecule has 0 aliphatic heterocycles. The topological polar surface area (TPSA) is 44.6 Å². The van der Waals surface area contributed by atoms with E-state index >= 15 is 0 Å².